The summed E-state index contributed by atoms with van der Waals surface area (Å²) in [7, 11) is 0. The van der Waals surface area contributed by atoms with Crippen LogP contribution in [-0.4, -0.2) is 16.6 Å². The number of hydrogen-bond donors (Lipinski definition) is 1. The van der Waals surface area contributed by atoms with Gasteiger partial charge in [-0.1, -0.05) is 62.0 Å². The standard InChI is InChI=1S/C23H26N2OS/c1-5-15(2)18-10-6-7-12-20(18)24-21(26)14-27-22-13-17(4)19-11-8-9-16(3)23(19)25-22/h6-13,15H,5,14H2,1-4H3,(H,24,26)/t15-/m0/s1. The van der Waals surface area contributed by atoms with E-state index in [2.05, 4.69) is 63.3 Å². The van der Waals surface area contributed by atoms with E-state index in [1.807, 2.05) is 18.2 Å². The number of carbonyl (C=O) groups excluding carboxylic acids is 1. The van der Waals surface area contributed by atoms with Crippen LogP contribution in [0.15, 0.2) is 53.6 Å². The van der Waals surface area contributed by atoms with Gasteiger partial charge in [-0.05, 0) is 55.0 Å². The normalized spacial score (nSPS) is 12.1. The summed E-state index contributed by atoms with van der Waals surface area (Å²) in [5.74, 6) is 0.764. The highest BCUT2D eigenvalue weighted by Crippen LogP contribution is 2.28. The van der Waals surface area contributed by atoms with Crippen LogP contribution in [0.1, 0.15) is 42.9 Å². The Kier molecular flexibility index (Phi) is 6.17. The van der Waals surface area contributed by atoms with Crippen molar-refractivity contribution >= 4 is 34.3 Å². The molecule has 0 unspecified atom stereocenters. The first kappa shape index (κ1) is 19.4. The zero-order valence-corrected chi connectivity index (χ0v) is 17.2. The molecule has 3 nitrogen and oxygen atoms in total. The molecule has 0 aliphatic carbocycles. The van der Waals surface area contributed by atoms with E-state index in [1.54, 1.807) is 0 Å². The Morgan fingerprint density at radius 2 is 1.89 bits per heavy atom. The lowest BCUT2D eigenvalue weighted by Gasteiger charge is -2.15. The fourth-order valence-corrected chi connectivity index (χ4v) is 3.96. The maximum absolute atomic E-state index is 12.5. The number of aryl methyl sites for hydroxylation is 2. The molecule has 0 bridgehead atoms. The van der Waals surface area contributed by atoms with Crippen molar-refractivity contribution in [3.05, 3.63) is 65.2 Å². The van der Waals surface area contributed by atoms with Crippen LogP contribution in [0.2, 0.25) is 0 Å². The second-order valence-electron chi connectivity index (χ2n) is 6.98. The van der Waals surface area contributed by atoms with Crippen molar-refractivity contribution < 1.29 is 4.79 Å². The average Bonchev–Trinajstić information content (AvgIpc) is 2.67. The molecule has 4 heteroatoms. The molecular formula is C23H26N2OS. The van der Waals surface area contributed by atoms with Crippen molar-refractivity contribution in [3.63, 3.8) is 0 Å². The molecule has 1 heterocycles. The number of benzene rings is 2. The van der Waals surface area contributed by atoms with Crippen molar-refractivity contribution in [1.29, 1.82) is 0 Å². The summed E-state index contributed by atoms with van der Waals surface area (Å²) >= 11 is 1.48. The minimum absolute atomic E-state index is 0.0000803. The lowest BCUT2D eigenvalue weighted by Crippen LogP contribution is -2.16. The predicted octanol–water partition coefficient (Wildman–Crippen LogP) is 6.10. The zero-order valence-electron chi connectivity index (χ0n) is 16.4. The molecule has 0 aliphatic heterocycles. The Bertz CT molecular complexity index is 968. The first-order valence-corrected chi connectivity index (χ1v) is 10.4. The number of thioether (sulfide) groups is 1. The van der Waals surface area contributed by atoms with Crippen molar-refractivity contribution in [3.8, 4) is 0 Å². The Morgan fingerprint density at radius 3 is 2.67 bits per heavy atom. The lowest BCUT2D eigenvalue weighted by atomic mass is 9.97. The van der Waals surface area contributed by atoms with Gasteiger partial charge < -0.3 is 5.32 Å². The molecule has 0 spiro atoms. The third kappa shape index (κ3) is 4.51. The summed E-state index contributed by atoms with van der Waals surface area (Å²) in [6.07, 6.45) is 1.04. The molecule has 0 fully saturated rings. The molecule has 0 saturated carbocycles. The van der Waals surface area contributed by atoms with Gasteiger partial charge in [0.15, 0.2) is 0 Å². The SMILES string of the molecule is CC[C@H](C)c1ccccc1NC(=O)CSc1cc(C)c2cccc(C)c2n1. The summed E-state index contributed by atoms with van der Waals surface area (Å²) in [6, 6.07) is 16.3. The topological polar surface area (TPSA) is 42.0 Å². The number of nitrogens with zero attached hydrogens (tertiary/aromatic N) is 1. The number of rotatable bonds is 6. The monoisotopic (exact) mass is 378 g/mol. The van der Waals surface area contributed by atoms with Gasteiger partial charge in [-0.2, -0.15) is 0 Å². The van der Waals surface area contributed by atoms with Crippen LogP contribution in [0, 0.1) is 13.8 Å². The fourth-order valence-electron chi connectivity index (χ4n) is 3.19. The minimum Gasteiger partial charge on any atom is -0.325 e. The van der Waals surface area contributed by atoms with Gasteiger partial charge in [-0.3, -0.25) is 4.79 Å². The summed E-state index contributed by atoms with van der Waals surface area (Å²) < 4.78 is 0. The summed E-state index contributed by atoms with van der Waals surface area (Å²) in [5.41, 5.74) is 5.46. The third-order valence-corrected chi connectivity index (χ3v) is 5.87. The molecular weight excluding hydrogens is 352 g/mol. The molecule has 140 valence electrons. The molecule has 1 N–H and O–H groups in total. The van der Waals surface area contributed by atoms with Gasteiger partial charge in [0, 0.05) is 11.1 Å². The lowest BCUT2D eigenvalue weighted by molar-refractivity contribution is -0.113. The molecule has 0 aliphatic rings. The van der Waals surface area contributed by atoms with Gasteiger partial charge in [0.2, 0.25) is 5.91 Å². The minimum atomic E-state index is 0.0000803. The second-order valence-corrected chi connectivity index (χ2v) is 7.98. The Morgan fingerprint density at radius 1 is 1.11 bits per heavy atom. The summed E-state index contributed by atoms with van der Waals surface area (Å²) in [4.78, 5) is 17.3. The number of fused-ring (bicyclic) bond motifs is 1. The smallest absolute Gasteiger partial charge is 0.234 e. The van der Waals surface area contributed by atoms with Crippen molar-refractivity contribution in [1.82, 2.24) is 4.98 Å². The van der Waals surface area contributed by atoms with E-state index in [9.17, 15) is 4.79 Å². The van der Waals surface area contributed by atoms with Crippen LogP contribution in [0.5, 0.6) is 0 Å². The summed E-state index contributed by atoms with van der Waals surface area (Å²) in [5, 5.41) is 5.13. The van der Waals surface area contributed by atoms with Gasteiger partial charge in [0.1, 0.15) is 0 Å². The van der Waals surface area contributed by atoms with Gasteiger partial charge in [0.05, 0.1) is 16.3 Å². The van der Waals surface area contributed by atoms with Gasteiger partial charge in [-0.25, -0.2) is 4.98 Å². The molecule has 0 saturated heterocycles. The fraction of sp³-hybridized carbons (Fsp3) is 0.304. The number of amides is 1. The molecule has 3 aromatic rings. The van der Waals surface area contributed by atoms with Crippen molar-refractivity contribution in [2.75, 3.05) is 11.1 Å². The average molecular weight is 379 g/mol. The Hall–Kier alpha value is -2.33. The predicted molar refractivity (Wildman–Crippen MR) is 116 cm³/mol. The number of nitrogens with one attached hydrogen (secondary N) is 1. The van der Waals surface area contributed by atoms with E-state index in [1.165, 1.54) is 28.3 Å². The van der Waals surface area contributed by atoms with Crippen LogP contribution in [0.4, 0.5) is 5.69 Å². The maximum Gasteiger partial charge on any atom is 0.234 e. The van der Waals surface area contributed by atoms with Crippen LogP contribution >= 0.6 is 11.8 Å². The van der Waals surface area contributed by atoms with E-state index in [0.29, 0.717) is 11.7 Å². The maximum atomic E-state index is 12.5. The van der Waals surface area contributed by atoms with Crippen LogP contribution in [-0.2, 0) is 4.79 Å². The first-order valence-electron chi connectivity index (χ1n) is 9.38. The Labute approximate surface area is 165 Å². The number of anilines is 1. The molecule has 1 atom stereocenters. The van der Waals surface area contributed by atoms with E-state index in [4.69, 9.17) is 4.98 Å². The highest BCUT2D eigenvalue weighted by Gasteiger charge is 2.12. The van der Waals surface area contributed by atoms with Crippen LogP contribution in [0.25, 0.3) is 10.9 Å². The van der Waals surface area contributed by atoms with E-state index >= 15 is 0 Å². The number of para-hydroxylation sites is 2. The highest BCUT2D eigenvalue weighted by molar-refractivity contribution is 7.99. The van der Waals surface area contributed by atoms with Crippen molar-refractivity contribution in [2.24, 2.45) is 0 Å². The van der Waals surface area contributed by atoms with E-state index in [-0.39, 0.29) is 5.91 Å². The highest BCUT2D eigenvalue weighted by atomic mass is 32.2. The number of carbonyl (C=O) groups is 1. The van der Waals surface area contributed by atoms with Crippen molar-refractivity contribution in [2.45, 2.75) is 45.1 Å². The molecule has 2 aromatic carbocycles. The Balaban J connectivity index is 1.72. The van der Waals surface area contributed by atoms with Gasteiger partial charge >= 0.3 is 0 Å². The molecule has 1 amide bonds. The molecule has 1 aromatic heterocycles. The molecule has 3 rings (SSSR count). The van der Waals surface area contributed by atoms with E-state index < -0.39 is 0 Å². The quantitative estimate of drug-likeness (QED) is 0.527. The molecule has 0 radical (unpaired) electrons. The largest absolute Gasteiger partial charge is 0.325 e. The van der Waals surface area contributed by atoms with Gasteiger partial charge in [0.25, 0.3) is 0 Å². The molecule has 27 heavy (non-hydrogen) atoms. The van der Waals surface area contributed by atoms with E-state index in [0.717, 1.165) is 28.2 Å². The van der Waals surface area contributed by atoms with Crippen LogP contribution in [0.3, 0.4) is 0 Å². The first-order chi connectivity index (χ1) is 13.0. The number of hydrogen-bond acceptors (Lipinski definition) is 3. The second kappa shape index (κ2) is 8.57. The number of aromatic nitrogens is 1. The number of pyridine rings is 1. The third-order valence-electron chi connectivity index (χ3n) is 4.95. The summed E-state index contributed by atoms with van der Waals surface area (Å²) in [6.45, 7) is 8.51. The van der Waals surface area contributed by atoms with Gasteiger partial charge in [-0.15, -0.1) is 0 Å². The zero-order chi connectivity index (χ0) is 19.4. The van der Waals surface area contributed by atoms with Crippen LogP contribution < -0.4 is 5.32 Å².